The normalized spacial score (nSPS) is 10.4. The van der Waals surface area contributed by atoms with Crippen molar-refractivity contribution in [3.05, 3.63) is 81.9 Å². The Bertz CT molecular complexity index is 934. The molecule has 0 aromatic heterocycles. The summed E-state index contributed by atoms with van der Waals surface area (Å²) in [7, 11) is 0. The summed E-state index contributed by atoms with van der Waals surface area (Å²) in [6.45, 7) is 2.11. The Morgan fingerprint density at radius 1 is 1.00 bits per heavy atom. The average Bonchev–Trinajstić information content (AvgIpc) is 2.60. The Morgan fingerprint density at radius 3 is 2.40 bits per heavy atom. The number of benzene rings is 3. The number of non-ortho nitro benzene ring substituents is 1. The minimum atomic E-state index is -0.863. The molecule has 0 saturated heterocycles. The maximum Gasteiger partial charge on any atom is 0.514 e. The van der Waals surface area contributed by atoms with E-state index in [1.54, 1.807) is 0 Å². The van der Waals surface area contributed by atoms with E-state index < -0.39 is 11.1 Å². The number of nitro benzene ring substituents is 1. The quantitative estimate of drug-likeness (QED) is 0.296. The number of ether oxygens (including phenoxy) is 2. The van der Waals surface area contributed by atoms with Gasteiger partial charge in [-0.05, 0) is 41.5 Å². The number of hydrogen-bond donors (Lipinski definition) is 0. The molecule has 0 aliphatic heterocycles. The number of nitrogens with zero attached hydrogens (tertiary/aromatic N) is 1. The van der Waals surface area contributed by atoms with E-state index >= 15 is 0 Å². The molecule has 0 atom stereocenters. The largest absolute Gasteiger partial charge is 0.514 e. The lowest BCUT2D eigenvalue weighted by Gasteiger charge is -2.07. The molecule has 6 heteroatoms. The summed E-state index contributed by atoms with van der Waals surface area (Å²) in [6, 6.07) is 17.1. The average molecular weight is 337 g/mol. The van der Waals surface area contributed by atoms with Gasteiger partial charge in [0.05, 0.1) is 4.92 Å². The third-order valence-electron chi connectivity index (χ3n) is 3.67. The maximum atomic E-state index is 11.7. The minimum absolute atomic E-state index is 0.0767. The SMILES string of the molecule is Cc1ccc2cc(COC(=O)Oc3ccc([N+](=O)[O-])cc3)ccc2c1. The molecule has 25 heavy (non-hydrogen) atoms. The number of carbonyl (C=O) groups excluding carboxylic acids is 1. The maximum absolute atomic E-state index is 11.7. The highest BCUT2D eigenvalue weighted by molar-refractivity contribution is 5.83. The molecule has 0 aliphatic carbocycles. The van der Waals surface area contributed by atoms with Crippen molar-refractivity contribution in [1.82, 2.24) is 0 Å². The van der Waals surface area contributed by atoms with E-state index in [1.165, 1.54) is 29.8 Å². The monoisotopic (exact) mass is 337 g/mol. The Hall–Kier alpha value is -3.41. The van der Waals surface area contributed by atoms with Crippen LogP contribution in [0.2, 0.25) is 0 Å². The second kappa shape index (κ2) is 7.00. The van der Waals surface area contributed by atoms with E-state index in [2.05, 4.69) is 6.07 Å². The molecule has 6 nitrogen and oxygen atoms in total. The van der Waals surface area contributed by atoms with E-state index in [0.29, 0.717) is 0 Å². The van der Waals surface area contributed by atoms with E-state index in [0.717, 1.165) is 16.3 Å². The smallest absolute Gasteiger partial charge is 0.429 e. The van der Waals surface area contributed by atoms with Crippen molar-refractivity contribution in [3.8, 4) is 5.75 Å². The number of hydrogen-bond acceptors (Lipinski definition) is 5. The van der Waals surface area contributed by atoms with E-state index in [-0.39, 0.29) is 18.0 Å². The van der Waals surface area contributed by atoms with Crippen LogP contribution in [0.15, 0.2) is 60.7 Å². The molecule has 3 rings (SSSR count). The van der Waals surface area contributed by atoms with Gasteiger partial charge in [0.25, 0.3) is 5.69 Å². The molecule has 0 saturated carbocycles. The molecule has 126 valence electrons. The fraction of sp³-hybridized carbons (Fsp3) is 0.105. The van der Waals surface area contributed by atoms with Gasteiger partial charge in [0.15, 0.2) is 0 Å². The lowest BCUT2D eigenvalue weighted by molar-refractivity contribution is -0.384. The molecule has 0 bridgehead atoms. The van der Waals surface area contributed by atoms with Crippen LogP contribution in [0.1, 0.15) is 11.1 Å². The molecular weight excluding hydrogens is 322 g/mol. The summed E-state index contributed by atoms with van der Waals surface area (Å²) in [5.74, 6) is 0.185. The highest BCUT2D eigenvalue weighted by atomic mass is 16.7. The lowest BCUT2D eigenvalue weighted by atomic mass is 10.1. The second-order valence-electron chi connectivity index (χ2n) is 5.58. The van der Waals surface area contributed by atoms with Crippen LogP contribution in [0.5, 0.6) is 5.75 Å². The fourth-order valence-corrected chi connectivity index (χ4v) is 2.41. The van der Waals surface area contributed by atoms with Crippen molar-refractivity contribution in [1.29, 1.82) is 0 Å². The highest BCUT2D eigenvalue weighted by Crippen LogP contribution is 2.20. The topological polar surface area (TPSA) is 78.7 Å². The zero-order valence-corrected chi connectivity index (χ0v) is 13.5. The first-order valence-electron chi connectivity index (χ1n) is 7.59. The first kappa shape index (κ1) is 16.4. The molecule has 0 radical (unpaired) electrons. The van der Waals surface area contributed by atoms with Crippen LogP contribution < -0.4 is 4.74 Å². The van der Waals surface area contributed by atoms with Crippen LogP contribution in [0.25, 0.3) is 10.8 Å². The molecule has 0 heterocycles. The van der Waals surface area contributed by atoms with Gasteiger partial charge in [-0.15, -0.1) is 0 Å². The zero-order chi connectivity index (χ0) is 17.8. The second-order valence-corrected chi connectivity index (χ2v) is 5.58. The van der Waals surface area contributed by atoms with Gasteiger partial charge in [-0.3, -0.25) is 10.1 Å². The van der Waals surface area contributed by atoms with Gasteiger partial charge < -0.3 is 9.47 Å². The Morgan fingerprint density at radius 2 is 1.68 bits per heavy atom. The van der Waals surface area contributed by atoms with Crippen LogP contribution in [0.3, 0.4) is 0 Å². The van der Waals surface area contributed by atoms with Gasteiger partial charge in [-0.2, -0.15) is 0 Å². The van der Waals surface area contributed by atoms with Crippen molar-refractivity contribution >= 4 is 22.6 Å². The Kier molecular flexibility index (Phi) is 4.61. The number of carbonyl (C=O) groups is 1. The lowest BCUT2D eigenvalue weighted by Crippen LogP contribution is -2.10. The van der Waals surface area contributed by atoms with Crippen molar-refractivity contribution in [2.45, 2.75) is 13.5 Å². The number of fused-ring (bicyclic) bond motifs is 1. The number of aryl methyl sites for hydroxylation is 1. The van der Waals surface area contributed by atoms with Gasteiger partial charge in [-0.1, -0.05) is 35.9 Å². The van der Waals surface area contributed by atoms with E-state index in [9.17, 15) is 14.9 Å². The molecule has 3 aromatic rings. The summed E-state index contributed by atoms with van der Waals surface area (Å²) in [5.41, 5.74) is 1.95. The summed E-state index contributed by atoms with van der Waals surface area (Å²) in [4.78, 5) is 21.8. The molecule has 3 aromatic carbocycles. The highest BCUT2D eigenvalue weighted by Gasteiger charge is 2.09. The zero-order valence-electron chi connectivity index (χ0n) is 13.5. The van der Waals surface area contributed by atoms with Crippen molar-refractivity contribution in [2.75, 3.05) is 0 Å². The van der Waals surface area contributed by atoms with Crippen LogP contribution in [0.4, 0.5) is 10.5 Å². The van der Waals surface area contributed by atoms with Gasteiger partial charge in [0.2, 0.25) is 0 Å². The summed E-state index contributed by atoms with van der Waals surface area (Å²) < 4.78 is 10.1. The first-order valence-corrected chi connectivity index (χ1v) is 7.59. The van der Waals surface area contributed by atoms with Crippen molar-refractivity contribution < 1.29 is 19.2 Å². The first-order chi connectivity index (χ1) is 12.0. The van der Waals surface area contributed by atoms with Crippen LogP contribution in [0, 0.1) is 17.0 Å². The third kappa shape index (κ3) is 4.11. The van der Waals surface area contributed by atoms with Crippen molar-refractivity contribution in [2.24, 2.45) is 0 Å². The molecule has 0 spiro atoms. The third-order valence-corrected chi connectivity index (χ3v) is 3.67. The Balaban J connectivity index is 1.60. The van der Waals surface area contributed by atoms with E-state index in [1.807, 2.05) is 37.3 Å². The molecule has 0 unspecified atom stereocenters. The molecular formula is C19H15NO5. The Labute approximate surface area is 143 Å². The summed E-state index contributed by atoms with van der Waals surface area (Å²) >= 11 is 0. The van der Waals surface area contributed by atoms with E-state index in [4.69, 9.17) is 9.47 Å². The number of nitro groups is 1. The summed E-state index contributed by atoms with van der Waals surface area (Å²) in [5, 5.41) is 12.8. The molecule has 0 amide bonds. The van der Waals surface area contributed by atoms with Crippen LogP contribution >= 0.6 is 0 Å². The predicted octanol–water partition coefficient (Wildman–Crippen LogP) is 4.77. The molecule has 0 N–H and O–H groups in total. The summed E-state index contributed by atoms with van der Waals surface area (Å²) in [6.07, 6.45) is -0.863. The van der Waals surface area contributed by atoms with Crippen LogP contribution in [-0.4, -0.2) is 11.1 Å². The van der Waals surface area contributed by atoms with Crippen molar-refractivity contribution in [3.63, 3.8) is 0 Å². The number of rotatable bonds is 4. The van der Waals surface area contributed by atoms with Crippen LogP contribution in [-0.2, 0) is 11.3 Å². The van der Waals surface area contributed by atoms with Gasteiger partial charge >= 0.3 is 6.16 Å². The molecule has 0 fully saturated rings. The predicted molar refractivity (Wildman–Crippen MR) is 92.6 cm³/mol. The standard InChI is InChI=1S/C19H15NO5/c1-13-2-4-16-11-14(3-5-15(16)10-13)12-24-19(21)25-18-8-6-17(7-9-18)20(22)23/h2-11H,12H2,1H3. The van der Waals surface area contributed by atoms with Gasteiger partial charge in [-0.25, -0.2) is 4.79 Å². The minimum Gasteiger partial charge on any atom is -0.429 e. The van der Waals surface area contributed by atoms with Gasteiger partial charge in [0.1, 0.15) is 12.4 Å². The molecule has 0 aliphatic rings. The fourth-order valence-electron chi connectivity index (χ4n) is 2.41. The van der Waals surface area contributed by atoms with Gasteiger partial charge in [0, 0.05) is 12.1 Å².